The van der Waals surface area contributed by atoms with Gasteiger partial charge in [-0.25, -0.2) is 4.90 Å². The zero-order chi connectivity index (χ0) is 17.3. The number of carboxylic acids is 1. The van der Waals surface area contributed by atoms with E-state index in [1.807, 2.05) is 0 Å². The van der Waals surface area contributed by atoms with Crippen LogP contribution in [0.5, 0.6) is 0 Å². The highest BCUT2D eigenvalue weighted by molar-refractivity contribution is 6.35. The van der Waals surface area contributed by atoms with Gasteiger partial charge in [-0.3, -0.25) is 19.2 Å². The van der Waals surface area contributed by atoms with Gasteiger partial charge in [0.2, 0.25) is 0 Å². The van der Waals surface area contributed by atoms with E-state index in [1.165, 1.54) is 12.1 Å². The molecule has 0 atom stereocenters. The van der Waals surface area contributed by atoms with Crippen molar-refractivity contribution < 1.29 is 24.3 Å². The molecular weight excluding hydrogens is 312 g/mol. The number of anilines is 1. The molecule has 2 N–H and O–H groups in total. The highest BCUT2D eigenvalue weighted by Crippen LogP contribution is 2.30. The Hall–Kier alpha value is -3.48. The van der Waals surface area contributed by atoms with E-state index >= 15 is 0 Å². The van der Waals surface area contributed by atoms with E-state index in [9.17, 15) is 19.2 Å². The molecule has 1 heterocycles. The molecule has 120 valence electrons. The minimum atomic E-state index is -1.19. The lowest BCUT2D eigenvalue weighted by Crippen LogP contribution is -2.34. The zero-order valence-electron chi connectivity index (χ0n) is 12.4. The van der Waals surface area contributed by atoms with Crippen LogP contribution in [0.3, 0.4) is 0 Å². The molecule has 0 bridgehead atoms. The lowest BCUT2D eigenvalue weighted by atomic mass is 10.1. The van der Waals surface area contributed by atoms with Gasteiger partial charge in [-0.15, -0.1) is 0 Å². The number of hydrogen-bond acceptors (Lipinski definition) is 4. The largest absolute Gasteiger partial charge is 0.480 e. The summed E-state index contributed by atoms with van der Waals surface area (Å²) in [4.78, 5) is 48.8. The fraction of sp³-hybridized carbons (Fsp3) is 0.0588. The third kappa shape index (κ3) is 2.52. The number of aliphatic carboxylic acids is 1. The smallest absolute Gasteiger partial charge is 0.322 e. The topological polar surface area (TPSA) is 104 Å². The summed E-state index contributed by atoms with van der Waals surface area (Å²) in [5, 5.41) is 10.9. The standard InChI is InChI=1S/C17H12N2O5/c20-14(21)9-18-15(22)12-7-3-4-8-13(12)19-16(23)10-5-1-2-6-11(10)17(19)24/h1-8H,9H2,(H,18,22)(H,20,21). The number of nitrogens with one attached hydrogen (secondary N) is 1. The zero-order valence-corrected chi connectivity index (χ0v) is 12.4. The van der Waals surface area contributed by atoms with Crippen molar-refractivity contribution in [1.82, 2.24) is 5.32 Å². The summed E-state index contributed by atoms with van der Waals surface area (Å²) in [6.45, 7) is -0.560. The summed E-state index contributed by atoms with van der Waals surface area (Å²) < 4.78 is 0. The van der Waals surface area contributed by atoms with Gasteiger partial charge in [-0.2, -0.15) is 0 Å². The van der Waals surface area contributed by atoms with Crippen molar-refractivity contribution >= 4 is 29.4 Å². The SMILES string of the molecule is O=C(O)CNC(=O)c1ccccc1N1C(=O)c2ccccc2C1=O. The van der Waals surface area contributed by atoms with Gasteiger partial charge in [0.1, 0.15) is 6.54 Å². The maximum Gasteiger partial charge on any atom is 0.322 e. The Kier molecular flexibility index (Phi) is 3.83. The fourth-order valence-electron chi connectivity index (χ4n) is 2.52. The summed E-state index contributed by atoms with van der Waals surface area (Å²) in [5.74, 6) is -2.91. The highest BCUT2D eigenvalue weighted by atomic mass is 16.4. The average molecular weight is 324 g/mol. The number of benzene rings is 2. The number of nitrogens with zero attached hydrogens (tertiary/aromatic N) is 1. The van der Waals surface area contributed by atoms with Crippen LogP contribution in [0, 0.1) is 0 Å². The molecule has 7 heteroatoms. The van der Waals surface area contributed by atoms with Gasteiger partial charge >= 0.3 is 5.97 Å². The van der Waals surface area contributed by atoms with Crippen LogP contribution in [0.25, 0.3) is 0 Å². The molecule has 2 aromatic carbocycles. The molecule has 0 spiro atoms. The van der Waals surface area contributed by atoms with Crippen molar-refractivity contribution in [2.45, 2.75) is 0 Å². The molecule has 3 amide bonds. The van der Waals surface area contributed by atoms with Gasteiger partial charge in [0, 0.05) is 0 Å². The van der Waals surface area contributed by atoms with E-state index in [0.29, 0.717) is 0 Å². The number of amides is 3. The molecule has 0 aromatic heterocycles. The van der Waals surface area contributed by atoms with Gasteiger partial charge in [0.05, 0.1) is 22.4 Å². The lowest BCUT2D eigenvalue weighted by Gasteiger charge is -2.17. The monoisotopic (exact) mass is 324 g/mol. The Morgan fingerprint density at radius 3 is 2.04 bits per heavy atom. The summed E-state index contributed by atoms with van der Waals surface area (Å²) in [5.41, 5.74) is 0.700. The normalized spacial score (nSPS) is 12.9. The Morgan fingerprint density at radius 2 is 1.46 bits per heavy atom. The first kappa shape index (κ1) is 15.4. The number of rotatable bonds is 4. The number of carbonyl (C=O) groups excluding carboxylic acids is 3. The molecule has 0 saturated carbocycles. The van der Waals surface area contributed by atoms with Crippen LogP contribution in [-0.4, -0.2) is 35.3 Å². The Morgan fingerprint density at radius 1 is 0.917 bits per heavy atom. The lowest BCUT2D eigenvalue weighted by molar-refractivity contribution is -0.135. The minimum absolute atomic E-state index is 0.0493. The maximum absolute atomic E-state index is 12.5. The van der Waals surface area contributed by atoms with Crippen molar-refractivity contribution in [2.75, 3.05) is 11.4 Å². The van der Waals surface area contributed by atoms with Crippen molar-refractivity contribution in [3.8, 4) is 0 Å². The van der Waals surface area contributed by atoms with Crippen LogP contribution < -0.4 is 10.2 Å². The van der Waals surface area contributed by atoms with Crippen molar-refractivity contribution in [2.24, 2.45) is 0 Å². The second-order valence-electron chi connectivity index (χ2n) is 5.08. The Bertz CT molecular complexity index is 840. The molecule has 0 aliphatic carbocycles. The number of hydrogen-bond donors (Lipinski definition) is 2. The third-order valence-electron chi connectivity index (χ3n) is 3.58. The first-order valence-electron chi connectivity index (χ1n) is 7.07. The van der Waals surface area contributed by atoms with Gasteiger partial charge in [-0.1, -0.05) is 24.3 Å². The van der Waals surface area contributed by atoms with E-state index in [0.717, 1.165) is 4.90 Å². The molecule has 0 fully saturated rings. The van der Waals surface area contributed by atoms with Crippen LogP contribution in [0.4, 0.5) is 5.69 Å². The molecule has 0 radical (unpaired) electrons. The molecule has 0 saturated heterocycles. The molecular formula is C17H12N2O5. The average Bonchev–Trinajstić information content (AvgIpc) is 2.84. The molecule has 0 unspecified atom stereocenters. The second-order valence-corrected chi connectivity index (χ2v) is 5.08. The number of fused-ring (bicyclic) bond motifs is 1. The molecule has 24 heavy (non-hydrogen) atoms. The van der Waals surface area contributed by atoms with Crippen LogP contribution in [0.1, 0.15) is 31.1 Å². The van der Waals surface area contributed by atoms with Crippen LogP contribution in [0.2, 0.25) is 0 Å². The number of imide groups is 1. The predicted molar refractivity (Wildman–Crippen MR) is 84.0 cm³/mol. The summed E-state index contributed by atoms with van der Waals surface area (Å²) in [6.07, 6.45) is 0. The van der Waals surface area contributed by atoms with Gasteiger partial charge in [0.15, 0.2) is 0 Å². The van der Waals surface area contributed by atoms with E-state index in [2.05, 4.69) is 5.32 Å². The van der Waals surface area contributed by atoms with E-state index in [-0.39, 0.29) is 22.4 Å². The van der Waals surface area contributed by atoms with Crippen LogP contribution in [-0.2, 0) is 4.79 Å². The van der Waals surface area contributed by atoms with Crippen molar-refractivity contribution in [3.63, 3.8) is 0 Å². The molecule has 2 aromatic rings. The highest BCUT2D eigenvalue weighted by Gasteiger charge is 2.37. The number of carbonyl (C=O) groups is 4. The predicted octanol–water partition coefficient (Wildman–Crippen LogP) is 1.30. The number of carboxylic acid groups (broad SMARTS) is 1. The summed E-state index contributed by atoms with van der Waals surface area (Å²) in [6, 6.07) is 12.4. The first-order chi connectivity index (χ1) is 11.5. The fourth-order valence-corrected chi connectivity index (χ4v) is 2.52. The van der Waals surface area contributed by atoms with E-state index < -0.39 is 30.2 Å². The summed E-state index contributed by atoms with van der Waals surface area (Å²) >= 11 is 0. The molecule has 7 nitrogen and oxygen atoms in total. The molecule has 1 aliphatic rings. The molecule has 1 aliphatic heterocycles. The van der Waals surface area contributed by atoms with Gasteiger partial charge in [-0.05, 0) is 24.3 Å². The van der Waals surface area contributed by atoms with Gasteiger partial charge < -0.3 is 10.4 Å². The van der Waals surface area contributed by atoms with Crippen molar-refractivity contribution in [3.05, 3.63) is 65.2 Å². The van der Waals surface area contributed by atoms with Gasteiger partial charge in [0.25, 0.3) is 17.7 Å². The maximum atomic E-state index is 12.5. The summed E-state index contributed by atoms with van der Waals surface area (Å²) in [7, 11) is 0. The first-order valence-corrected chi connectivity index (χ1v) is 7.07. The Labute approximate surface area is 136 Å². The van der Waals surface area contributed by atoms with Crippen LogP contribution >= 0.6 is 0 Å². The molecule has 3 rings (SSSR count). The van der Waals surface area contributed by atoms with E-state index in [1.54, 1.807) is 36.4 Å². The van der Waals surface area contributed by atoms with Crippen molar-refractivity contribution in [1.29, 1.82) is 0 Å². The Balaban J connectivity index is 2.00. The van der Waals surface area contributed by atoms with Crippen LogP contribution in [0.15, 0.2) is 48.5 Å². The second kappa shape index (κ2) is 5.96. The number of para-hydroxylation sites is 1. The third-order valence-corrected chi connectivity index (χ3v) is 3.58. The van der Waals surface area contributed by atoms with E-state index in [4.69, 9.17) is 5.11 Å². The quantitative estimate of drug-likeness (QED) is 0.825. The minimum Gasteiger partial charge on any atom is -0.480 e.